The van der Waals surface area contributed by atoms with Crippen molar-refractivity contribution in [1.82, 2.24) is 0 Å². The third-order valence-electron chi connectivity index (χ3n) is 4.18. The van der Waals surface area contributed by atoms with Crippen LogP contribution in [0.2, 0.25) is 0 Å². The molecule has 0 heterocycles. The Morgan fingerprint density at radius 1 is 0.800 bits per heavy atom. The van der Waals surface area contributed by atoms with Crippen LogP contribution in [0.3, 0.4) is 0 Å². The molecule has 6 heteroatoms. The zero-order valence-corrected chi connectivity index (χ0v) is 13.9. The van der Waals surface area contributed by atoms with Crippen LogP contribution in [-0.4, -0.2) is 13.1 Å². The molecule has 2 aromatic carbocycles. The highest BCUT2D eigenvalue weighted by Gasteiger charge is 2.33. The maximum atomic E-state index is 14.2. The van der Waals surface area contributed by atoms with Crippen molar-refractivity contribution in [2.75, 3.05) is 13.1 Å². The van der Waals surface area contributed by atoms with E-state index in [-0.39, 0.29) is 0 Å². The molecule has 1 nitrogen and oxygen atoms in total. The monoisotopic (exact) mass is 356 g/mol. The number of halogens is 5. The molecule has 0 aliphatic carbocycles. The third kappa shape index (κ3) is 3.90. The Morgan fingerprint density at radius 2 is 1.28 bits per heavy atom. The van der Waals surface area contributed by atoms with Crippen LogP contribution in [0.1, 0.15) is 31.0 Å². The number of likely N-dealkylation sites (N-methyl/N-ethyl adjacent to an activating group) is 1. The molecule has 1 atom stereocenters. The van der Waals surface area contributed by atoms with Crippen molar-refractivity contribution >= 4 is 6.08 Å². The average Bonchev–Trinajstić information content (AvgIpc) is 2.64. The Balaban J connectivity index is 2.59. The maximum absolute atomic E-state index is 14.2. The van der Waals surface area contributed by atoms with Gasteiger partial charge in [-0.2, -0.15) is 0 Å². The van der Waals surface area contributed by atoms with E-state index in [1.165, 1.54) is 6.08 Å². The second-order valence-corrected chi connectivity index (χ2v) is 5.60. The van der Waals surface area contributed by atoms with E-state index in [2.05, 4.69) is 0 Å². The van der Waals surface area contributed by atoms with Crippen molar-refractivity contribution in [3.63, 3.8) is 0 Å². The van der Waals surface area contributed by atoms with Crippen LogP contribution in [0.5, 0.6) is 0 Å². The van der Waals surface area contributed by atoms with E-state index >= 15 is 0 Å². The Labute approximate surface area is 143 Å². The van der Waals surface area contributed by atoms with Crippen molar-refractivity contribution in [2.24, 2.45) is 0 Å². The fourth-order valence-electron chi connectivity index (χ4n) is 2.79. The molecular weight excluding hydrogens is 337 g/mol. The van der Waals surface area contributed by atoms with Crippen LogP contribution in [0.15, 0.2) is 36.4 Å². The third-order valence-corrected chi connectivity index (χ3v) is 4.18. The number of rotatable bonds is 6. The highest BCUT2D eigenvalue weighted by molar-refractivity contribution is 5.50. The first-order valence-electron chi connectivity index (χ1n) is 8.01. The highest BCUT2D eigenvalue weighted by atomic mass is 19.2. The summed E-state index contributed by atoms with van der Waals surface area (Å²) < 4.78 is 69.0. The molecule has 0 aromatic heterocycles. The van der Waals surface area contributed by atoms with Gasteiger partial charge in [-0.1, -0.05) is 36.4 Å². The van der Waals surface area contributed by atoms with E-state index in [9.17, 15) is 22.0 Å². The Bertz CT molecular complexity index is 725. The summed E-state index contributed by atoms with van der Waals surface area (Å²) >= 11 is 0. The number of nitrogens with one attached hydrogen (secondary N) is 1. The predicted molar refractivity (Wildman–Crippen MR) is 86.5 cm³/mol. The van der Waals surface area contributed by atoms with Crippen molar-refractivity contribution in [2.45, 2.75) is 19.9 Å². The van der Waals surface area contributed by atoms with Crippen LogP contribution in [0.4, 0.5) is 22.0 Å². The van der Waals surface area contributed by atoms with Crippen molar-refractivity contribution in [3.8, 4) is 0 Å². The molecule has 0 radical (unpaired) electrons. The summed E-state index contributed by atoms with van der Waals surface area (Å²) in [5, 5.41) is 0. The minimum absolute atomic E-state index is 0.458. The van der Waals surface area contributed by atoms with E-state index in [0.717, 1.165) is 5.56 Å². The van der Waals surface area contributed by atoms with E-state index in [4.69, 9.17) is 0 Å². The first-order chi connectivity index (χ1) is 11.9. The molecule has 1 N–H and O–H groups in total. The number of quaternary nitrogens is 1. The lowest BCUT2D eigenvalue weighted by Crippen LogP contribution is -3.11. The Hall–Kier alpha value is -2.21. The van der Waals surface area contributed by atoms with E-state index < -0.39 is 40.7 Å². The summed E-state index contributed by atoms with van der Waals surface area (Å²) in [6, 6.07) is 7.95. The summed E-state index contributed by atoms with van der Waals surface area (Å²) in [6.45, 7) is 4.49. The lowest BCUT2D eigenvalue weighted by atomic mass is 10.0. The van der Waals surface area contributed by atoms with Gasteiger partial charge < -0.3 is 4.90 Å². The smallest absolute Gasteiger partial charge is 0.200 e. The van der Waals surface area contributed by atoms with Crippen LogP contribution in [-0.2, 0) is 0 Å². The van der Waals surface area contributed by atoms with Gasteiger partial charge in [0.2, 0.25) is 5.82 Å². The molecule has 0 fully saturated rings. The molecule has 0 aliphatic rings. The molecule has 2 rings (SSSR count). The van der Waals surface area contributed by atoms with Gasteiger partial charge in [0.15, 0.2) is 23.3 Å². The second kappa shape index (κ2) is 8.25. The van der Waals surface area contributed by atoms with Gasteiger partial charge in [-0.25, -0.2) is 22.0 Å². The molecule has 25 heavy (non-hydrogen) atoms. The summed E-state index contributed by atoms with van der Waals surface area (Å²) in [4.78, 5) is 0.676. The van der Waals surface area contributed by atoms with Crippen molar-refractivity contribution in [1.29, 1.82) is 0 Å². The molecule has 1 unspecified atom stereocenters. The quantitative estimate of drug-likeness (QED) is 0.452. The van der Waals surface area contributed by atoms with Gasteiger partial charge in [0.1, 0.15) is 6.04 Å². The summed E-state index contributed by atoms with van der Waals surface area (Å²) in [6.07, 6.45) is 3.10. The van der Waals surface area contributed by atoms with Crippen LogP contribution in [0, 0.1) is 29.1 Å². The minimum atomic E-state index is -2.14. The van der Waals surface area contributed by atoms with E-state index in [0.29, 0.717) is 18.0 Å². The molecular formula is C19H19F5N+. The van der Waals surface area contributed by atoms with Gasteiger partial charge in [-0.05, 0) is 25.5 Å². The summed E-state index contributed by atoms with van der Waals surface area (Å²) in [7, 11) is 0. The van der Waals surface area contributed by atoms with Gasteiger partial charge in [-0.15, -0.1) is 0 Å². The topological polar surface area (TPSA) is 4.44 Å². The fraction of sp³-hybridized carbons (Fsp3) is 0.263. The normalized spacial score (nSPS) is 13.0. The fourth-order valence-corrected chi connectivity index (χ4v) is 2.79. The van der Waals surface area contributed by atoms with Gasteiger partial charge >= 0.3 is 0 Å². The second-order valence-electron chi connectivity index (χ2n) is 5.60. The Morgan fingerprint density at radius 3 is 1.76 bits per heavy atom. The predicted octanol–water partition coefficient (Wildman–Crippen LogP) is 4.06. The van der Waals surface area contributed by atoms with Crippen LogP contribution in [0.25, 0.3) is 6.08 Å². The average molecular weight is 356 g/mol. The van der Waals surface area contributed by atoms with Gasteiger partial charge in [0.25, 0.3) is 0 Å². The molecule has 0 saturated heterocycles. The molecule has 0 saturated carbocycles. The van der Waals surface area contributed by atoms with Crippen molar-refractivity contribution < 1.29 is 26.9 Å². The number of hydrogen-bond donors (Lipinski definition) is 1. The van der Waals surface area contributed by atoms with E-state index in [1.807, 2.05) is 6.07 Å². The van der Waals surface area contributed by atoms with Gasteiger partial charge in [-0.3, -0.25) is 0 Å². The summed E-state index contributed by atoms with van der Waals surface area (Å²) in [5.74, 6) is -9.53. The largest absolute Gasteiger partial charge is 0.326 e. The molecule has 2 aromatic rings. The molecule has 0 spiro atoms. The lowest BCUT2D eigenvalue weighted by molar-refractivity contribution is -0.921. The zero-order valence-electron chi connectivity index (χ0n) is 13.9. The molecule has 134 valence electrons. The first-order valence-corrected chi connectivity index (χ1v) is 8.01. The lowest BCUT2D eigenvalue weighted by Gasteiger charge is -2.25. The van der Waals surface area contributed by atoms with Crippen molar-refractivity contribution in [3.05, 3.63) is 76.6 Å². The van der Waals surface area contributed by atoms with Crippen LogP contribution >= 0.6 is 0 Å². The summed E-state index contributed by atoms with van der Waals surface area (Å²) in [5.41, 5.74) is -0.0368. The standard InChI is InChI=1S/C19H18F5N/c1-3-25(4-2)13(11-10-12-8-6-5-7-9-12)14-15(20)17(22)19(24)18(23)16(14)21/h5-11,13H,3-4H2,1-2H3/p+1/b11-10+. The van der Waals surface area contributed by atoms with Crippen LogP contribution < -0.4 is 4.90 Å². The van der Waals surface area contributed by atoms with E-state index in [1.54, 1.807) is 44.2 Å². The molecule has 0 aliphatic heterocycles. The minimum Gasteiger partial charge on any atom is -0.326 e. The highest BCUT2D eigenvalue weighted by Crippen LogP contribution is 2.27. The van der Waals surface area contributed by atoms with Gasteiger partial charge in [0, 0.05) is 0 Å². The Kier molecular flexibility index (Phi) is 6.31. The van der Waals surface area contributed by atoms with Gasteiger partial charge in [0.05, 0.1) is 18.7 Å². The number of hydrogen-bond acceptors (Lipinski definition) is 0. The molecule has 0 amide bonds. The maximum Gasteiger partial charge on any atom is 0.200 e. The molecule has 0 bridgehead atoms. The first kappa shape index (κ1) is 19.1. The SMILES string of the molecule is CC[NH+](CC)C(/C=C/c1ccccc1)c1c(F)c(F)c(F)c(F)c1F. The zero-order chi connectivity index (χ0) is 18.6. The number of benzene rings is 2.